The molecule has 3 rings (SSSR count). The summed E-state index contributed by atoms with van der Waals surface area (Å²) in [4.78, 5) is 42.3. The van der Waals surface area contributed by atoms with Gasteiger partial charge in [0.1, 0.15) is 5.65 Å². The Kier molecular flexibility index (Phi) is 3.07. The predicted octanol–water partition coefficient (Wildman–Crippen LogP) is 0.403. The molecule has 0 bridgehead atoms. The minimum atomic E-state index is -0.571. The number of aromatic nitrogens is 4. The summed E-state index contributed by atoms with van der Waals surface area (Å²) in [6, 6.07) is 9.47. The van der Waals surface area contributed by atoms with Crippen LogP contribution in [-0.2, 0) is 5.75 Å². The first kappa shape index (κ1) is 12.5. The fraction of sp³-hybridized carbons (Fsp3) is 0.0833. The third-order valence-electron chi connectivity index (χ3n) is 2.74. The molecule has 8 heteroatoms. The molecule has 7 nitrogen and oxygen atoms in total. The van der Waals surface area contributed by atoms with Crippen molar-refractivity contribution in [2.75, 3.05) is 0 Å². The zero-order valence-corrected chi connectivity index (χ0v) is 11.0. The highest BCUT2D eigenvalue weighted by Crippen LogP contribution is 2.10. The molecule has 0 aliphatic heterocycles. The minimum absolute atomic E-state index is 0.0650. The summed E-state index contributed by atoms with van der Waals surface area (Å²) in [6.45, 7) is 0. The molecule has 0 amide bonds. The highest BCUT2D eigenvalue weighted by Gasteiger charge is 2.10. The summed E-state index contributed by atoms with van der Waals surface area (Å²) in [5.74, 6) is 0.476. The number of nitrogens with one attached hydrogen (secondary N) is 3. The second-order valence-corrected chi connectivity index (χ2v) is 5.03. The molecule has 0 spiro atoms. The summed E-state index contributed by atoms with van der Waals surface area (Å²) in [6.07, 6.45) is 0. The van der Waals surface area contributed by atoms with Crippen molar-refractivity contribution in [3.63, 3.8) is 0 Å². The van der Waals surface area contributed by atoms with E-state index in [4.69, 9.17) is 0 Å². The van der Waals surface area contributed by atoms with E-state index in [0.29, 0.717) is 5.75 Å². The number of benzene rings is 1. The molecule has 0 atom stereocenters. The van der Waals surface area contributed by atoms with Gasteiger partial charge < -0.3 is 0 Å². The molecule has 0 fully saturated rings. The Morgan fingerprint density at radius 3 is 2.50 bits per heavy atom. The molecule has 3 N–H and O–H groups in total. The lowest BCUT2D eigenvalue weighted by molar-refractivity contribution is 1.00. The lowest BCUT2D eigenvalue weighted by atomic mass is 10.2. The van der Waals surface area contributed by atoms with Crippen LogP contribution in [0.4, 0.5) is 0 Å². The van der Waals surface area contributed by atoms with E-state index in [2.05, 4.69) is 15.0 Å². The fourth-order valence-electron chi connectivity index (χ4n) is 1.82. The Morgan fingerprint density at radius 2 is 1.75 bits per heavy atom. The van der Waals surface area contributed by atoms with Crippen LogP contribution in [0.25, 0.3) is 11.2 Å². The highest BCUT2D eigenvalue weighted by molar-refractivity contribution is 7.97. The summed E-state index contributed by atoms with van der Waals surface area (Å²) in [5, 5.41) is 0. The third kappa shape index (κ3) is 2.21. The van der Waals surface area contributed by atoms with Crippen LogP contribution in [0.5, 0.6) is 0 Å². The Labute approximate surface area is 115 Å². The van der Waals surface area contributed by atoms with Crippen LogP contribution in [0.15, 0.2) is 44.7 Å². The smallest absolute Gasteiger partial charge is 0.300 e. The molecular weight excluding hydrogens is 280 g/mol. The molecule has 1 aromatic carbocycles. The maximum Gasteiger partial charge on any atom is 0.340 e. The van der Waals surface area contributed by atoms with Gasteiger partial charge in [0.25, 0.3) is 5.56 Å². The van der Waals surface area contributed by atoms with Gasteiger partial charge in [0, 0.05) is 5.75 Å². The second kappa shape index (κ2) is 4.89. The normalized spacial score (nSPS) is 11.0. The summed E-state index contributed by atoms with van der Waals surface area (Å²) in [7, 11) is 0. The predicted molar refractivity (Wildman–Crippen MR) is 76.9 cm³/mol. The van der Waals surface area contributed by atoms with Gasteiger partial charge in [-0.05, 0) is 17.5 Å². The van der Waals surface area contributed by atoms with E-state index in [1.54, 1.807) is 0 Å². The number of H-pyrrole nitrogens is 3. The van der Waals surface area contributed by atoms with Crippen molar-refractivity contribution in [3.05, 3.63) is 67.2 Å². The van der Waals surface area contributed by atoms with Crippen molar-refractivity contribution in [2.45, 2.75) is 5.75 Å². The Morgan fingerprint density at radius 1 is 1.00 bits per heavy atom. The first-order chi connectivity index (χ1) is 9.65. The SMILES string of the molecule is O=c1[nH]c2[nH]c(=O)n(SCc3ccccc3)c(=O)c2[nH]1. The zero-order valence-electron chi connectivity index (χ0n) is 10.2. The number of fused-ring (bicyclic) bond motifs is 1. The van der Waals surface area contributed by atoms with Gasteiger partial charge in [0.2, 0.25) is 0 Å². The van der Waals surface area contributed by atoms with E-state index < -0.39 is 16.9 Å². The molecule has 0 saturated heterocycles. The van der Waals surface area contributed by atoms with E-state index in [0.717, 1.165) is 21.5 Å². The molecule has 20 heavy (non-hydrogen) atoms. The van der Waals surface area contributed by atoms with Crippen LogP contribution < -0.4 is 16.9 Å². The zero-order chi connectivity index (χ0) is 14.1. The standard InChI is InChI=1S/C12H10N4O3S/c17-10-8-9(14-11(18)13-8)15-12(19)16(10)20-6-7-4-2-1-3-5-7/h1-5H,6H2,(H,15,19)(H2,13,14,18). The molecule has 2 aromatic heterocycles. The van der Waals surface area contributed by atoms with Crippen LogP contribution in [0.2, 0.25) is 0 Å². The van der Waals surface area contributed by atoms with Crippen molar-refractivity contribution >= 4 is 23.1 Å². The van der Waals surface area contributed by atoms with Crippen molar-refractivity contribution < 1.29 is 0 Å². The molecular formula is C12H10N4O3S. The van der Waals surface area contributed by atoms with E-state index in [1.807, 2.05) is 30.3 Å². The largest absolute Gasteiger partial charge is 0.340 e. The average Bonchev–Trinajstić information content (AvgIpc) is 2.80. The Bertz CT molecular complexity index is 920. The van der Waals surface area contributed by atoms with Crippen LogP contribution in [0.1, 0.15) is 5.56 Å². The number of hydrogen-bond acceptors (Lipinski definition) is 4. The lowest BCUT2D eigenvalue weighted by Crippen LogP contribution is -2.31. The van der Waals surface area contributed by atoms with Crippen molar-refractivity contribution in [2.24, 2.45) is 0 Å². The summed E-state index contributed by atoms with van der Waals surface area (Å²) >= 11 is 1.08. The number of hydrogen-bond donors (Lipinski definition) is 3. The van der Waals surface area contributed by atoms with Crippen LogP contribution >= 0.6 is 11.9 Å². The molecule has 0 saturated carbocycles. The molecule has 0 radical (unpaired) electrons. The number of aromatic amines is 3. The van der Waals surface area contributed by atoms with Crippen molar-refractivity contribution in [1.29, 1.82) is 0 Å². The van der Waals surface area contributed by atoms with Gasteiger partial charge >= 0.3 is 11.4 Å². The van der Waals surface area contributed by atoms with E-state index in [1.165, 1.54) is 0 Å². The van der Waals surface area contributed by atoms with Crippen molar-refractivity contribution in [1.82, 2.24) is 18.9 Å². The van der Waals surface area contributed by atoms with Gasteiger partial charge in [-0.15, -0.1) is 0 Å². The van der Waals surface area contributed by atoms with Gasteiger partial charge in [0.15, 0.2) is 5.52 Å². The van der Waals surface area contributed by atoms with Crippen molar-refractivity contribution in [3.8, 4) is 0 Å². The minimum Gasteiger partial charge on any atom is -0.300 e. The molecule has 0 unspecified atom stereocenters. The quantitative estimate of drug-likeness (QED) is 0.649. The summed E-state index contributed by atoms with van der Waals surface area (Å²) in [5.41, 5.74) is -0.469. The molecule has 0 aliphatic rings. The van der Waals surface area contributed by atoms with Gasteiger partial charge in [-0.2, -0.15) is 3.97 Å². The van der Waals surface area contributed by atoms with Gasteiger partial charge in [-0.3, -0.25) is 19.7 Å². The average molecular weight is 290 g/mol. The number of rotatable bonds is 3. The third-order valence-corrected chi connectivity index (χ3v) is 3.80. The van der Waals surface area contributed by atoms with Gasteiger partial charge in [-0.1, -0.05) is 30.3 Å². The maximum absolute atomic E-state index is 12.1. The topological polar surface area (TPSA) is 104 Å². The maximum atomic E-state index is 12.1. The molecule has 102 valence electrons. The van der Waals surface area contributed by atoms with E-state index >= 15 is 0 Å². The first-order valence-electron chi connectivity index (χ1n) is 5.80. The number of imidazole rings is 1. The lowest BCUT2D eigenvalue weighted by Gasteiger charge is -2.03. The monoisotopic (exact) mass is 290 g/mol. The summed E-state index contributed by atoms with van der Waals surface area (Å²) < 4.78 is 0.999. The van der Waals surface area contributed by atoms with Crippen LogP contribution in [0.3, 0.4) is 0 Å². The molecule has 0 aliphatic carbocycles. The Hall–Kier alpha value is -2.48. The first-order valence-corrected chi connectivity index (χ1v) is 6.74. The number of nitrogens with zero attached hydrogens (tertiary/aromatic N) is 1. The van der Waals surface area contributed by atoms with E-state index in [9.17, 15) is 14.4 Å². The van der Waals surface area contributed by atoms with E-state index in [-0.39, 0.29) is 11.2 Å². The van der Waals surface area contributed by atoms with Gasteiger partial charge in [-0.25, -0.2) is 9.59 Å². The second-order valence-electron chi connectivity index (χ2n) is 4.12. The molecule has 2 heterocycles. The van der Waals surface area contributed by atoms with Crippen LogP contribution in [0, 0.1) is 0 Å². The molecule has 3 aromatic rings. The highest BCUT2D eigenvalue weighted by atomic mass is 32.2. The van der Waals surface area contributed by atoms with Gasteiger partial charge in [0.05, 0.1) is 0 Å². The fourth-order valence-corrected chi connectivity index (χ4v) is 2.66. The van der Waals surface area contributed by atoms with Crippen LogP contribution in [-0.4, -0.2) is 18.9 Å². The Balaban J connectivity index is 2.01.